The third-order valence-corrected chi connectivity index (χ3v) is 3.15. The number of carboxylic acids is 1. The quantitative estimate of drug-likeness (QED) is 0.633. The lowest BCUT2D eigenvalue weighted by Crippen LogP contribution is -2.20. The number of aliphatic carboxylic acids is 1. The Labute approximate surface area is 133 Å². The lowest BCUT2D eigenvalue weighted by atomic mass is 10.1. The van der Waals surface area contributed by atoms with Gasteiger partial charge in [-0.1, -0.05) is 30.3 Å². The number of hydrazone groups is 1. The van der Waals surface area contributed by atoms with E-state index in [1.807, 2.05) is 37.3 Å². The second-order valence-corrected chi connectivity index (χ2v) is 4.95. The van der Waals surface area contributed by atoms with Crippen molar-refractivity contribution in [3.05, 3.63) is 65.5 Å². The molecule has 1 aromatic heterocycles. The van der Waals surface area contributed by atoms with Gasteiger partial charge < -0.3 is 5.11 Å². The van der Waals surface area contributed by atoms with Crippen molar-refractivity contribution in [1.82, 2.24) is 10.4 Å². The number of hydrogen-bond acceptors (Lipinski definition) is 4. The molecule has 0 saturated heterocycles. The zero-order chi connectivity index (χ0) is 16.7. The molecule has 0 aliphatic carbocycles. The molecule has 6 nitrogen and oxygen atoms in total. The number of pyridine rings is 1. The summed E-state index contributed by atoms with van der Waals surface area (Å²) in [6.45, 7) is 1.83. The summed E-state index contributed by atoms with van der Waals surface area (Å²) in [5.74, 6) is -1.30. The predicted molar refractivity (Wildman–Crippen MR) is 86.3 cm³/mol. The SMILES string of the molecule is Cc1ccc(C(=O)N/N=C(\CCC(=O)O)c2ccccc2)cn1. The second-order valence-electron chi connectivity index (χ2n) is 4.95. The number of rotatable bonds is 6. The van der Waals surface area contributed by atoms with Crippen molar-refractivity contribution >= 4 is 17.6 Å². The Bertz CT molecular complexity index is 710. The van der Waals surface area contributed by atoms with Crippen LogP contribution in [0.2, 0.25) is 0 Å². The molecule has 0 spiro atoms. The highest BCUT2D eigenvalue weighted by molar-refractivity contribution is 6.03. The molecule has 2 N–H and O–H groups in total. The first-order chi connectivity index (χ1) is 11.1. The molecule has 2 rings (SSSR count). The van der Waals surface area contributed by atoms with Crippen molar-refractivity contribution in [2.45, 2.75) is 19.8 Å². The summed E-state index contributed by atoms with van der Waals surface area (Å²) >= 11 is 0. The maximum absolute atomic E-state index is 12.1. The zero-order valence-corrected chi connectivity index (χ0v) is 12.7. The number of hydrogen-bond donors (Lipinski definition) is 2. The summed E-state index contributed by atoms with van der Waals surface area (Å²) in [7, 11) is 0. The van der Waals surface area contributed by atoms with Crippen molar-refractivity contribution in [3.8, 4) is 0 Å². The number of nitrogens with one attached hydrogen (secondary N) is 1. The molecule has 1 heterocycles. The van der Waals surface area contributed by atoms with Crippen LogP contribution in [-0.4, -0.2) is 27.7 Å². The van der Waals surface area contributed by atoms with E-state index in [4.69, 9.17) is 5.11 Å². The van der Waals surface area contributed by atoms with Gasteiger partial charge in [0.25, 0.3) is 5.91 Å². The van der Waals surface area contributed by atoms with Gasteiger partial charge in [-0.15, -0.1) is 0 Å². The average Bonchev–Trinajstić information content (AvgIpc) is 2.56. The van der Waals surface area contributed by atoms with Gasteiger partial charge in [-0.3, -0.25) is 14.6 Å². The van der Waals surface area contributed by atoms with Gasteiger partial charge in [0.1, 0.15) is 0 Å². The molecule has 0 atom stereocenters. The van der Waals surface area contributed by atoms with E-state index in [1.54, 1.807) is 12.1 Å². The van der Waals surface area contributed by atoms with E-state index in [2.05, 4.69) is 15.5 Å². The Hall–Kier alpha value is -3.02. The van der Waals surface area contributed by atoms with Crippen LogP contribution in [0, 0.1) is 6.92 Å². The summed E-state index contributed by atoms with van der Waals surface area (Å²) < 4.78 is 0. The van der Waals surface area contributed by atoms with Crippen LogP contribution in [0.3, 0.4) is 0 Å². The van der Waals surface area contributed by atoms with Crippen LogP contribution in [0.15, 0.2) is 53.8 Å². The molecule has 0 fully saturated rings. The van der Waals surface area contributed by atoms with E-state index in [1.165, 1.54) is 6.20 Å². The highest BCUT2D eigenvalue weighted by Crippen LogP contribution is 2.07. The molecule has 0 aliphatic heterocycles. The van der Waals surface area contributed by atoms with Gasteiger partial charge in [0, 0.05) is 18.3 Å². The van der Waals surface area contributed by atoms with Gasteiger partial charge in [0.05, 0.1) is 17.7 Å². The molecular weight excluding hydrogens is 294 g/mol. The summed E-state index contributed by atoms with van der Waals surface area (Å²) in [4.78, 5) is 26.9. The van der Waals surface area contributed by atoms with E-state index >= 15 is 0 Å². The minimum absolute atomic E-state index is 0.0598. The summed E-state index contributed by atoms with van der Waals surface area (Å²) in [5.41, 5.74) is 4.96. The monoisotopic (exact) mass is 311 g/mol. The van der Waals surface area contributed by atoms with Gasteiger partial charge >= 0.3 is 5.97 Å². The topological polar surface area (TPSA) is 91.7 Å². The third kappa shape index (κ3) is 5.03. The van der Waals surface area contributed by atoms with Crippen molar-refractivity contribution in [2.24, 2.45) is 5.10 Å². The molecule has 1 amide bonds. The Morgan fingerprint density at radius 3 is 2.43 bits per heavy atom. The Morgan fingerprint density at radius 1 is 1.09 bits per heavy atom. The Kier molecular flexibility index (Phi) is 5.57. The van der Waals surface area contributed by atoms with Gasteiger partial charge in [0.2, 0.25) is 0 Å². The van der Waals surface area contributed by atoms with Crippen LogP contribution in [0.1, 0.15) is 34.5 Å². The number of amides is 1. The van der Waals surface area contributed by atoms with Gasteiger partial charge in [-0.25, -0.2) is 5.43 Å². The van der Waals surface area contributed by atoms with E-state index < -0.39 is 5.97 Å². The lowest BCUT2D eigenvalue weighted by Gasteiger charge is -2.06. The summed E-state index contributed by atoms with van der Waals surface area (Å²) in [5, 5.41) is 12.9. The first kappa shape index (κ1) is 16.4. The zero-order valence-electron chi connectivity index (χ0n) is 12.7. The number of benzene rings is 1. The largest absolute Gasteiger partial charge is 0.481 e. The molecule has 0 unspecified atom stereocenters. The molecule has 6 heteroatoms. The van der Waals surface area contributed by atoms with E-state index in [0.29, 0.717) is 11.3 Å². The smallest absolute Gasteiger partial charge is 0.303 e. The lowest BCUT2D eigenvalue weighted by molar-refractivity contribution is -0.136. The van der Waals surface area contributed by atoms with Crippen LogP contribution >= 0.6 is 0 Å². The first-order valence-electron chi connectivity index (χ1n) is 7.13. The average molecular weight is 311 g/mol. The van der Waals surface area contributed by atoms with E-state index in [0.717, 1.165) is 11.3 Å². The van der Waals surface area contributed by atoms with Crippen LogP contribution in [-0.2, 0) is 4.79 Å². The Balaban J connectivity index is 2.14. The normalized spacial score (nSPS) is 11.1. The minimum atomic E-state index is -0.914. The van der Waals surface area contributed by atoms with Gasteiger partial charge in [0.15, 0.2) is 0 Å². The van der Waals surface area contributed by atoms with Crippen LogP contribution in [0.25, 0.3) is 0 Å². The van der Waals surface area contributed by atoms with Crippen molar-refractivity contribution < 1.29 is 14.7 Å². The highest BCUT2D eigenvalue weighted by atomic mass is 16.4. The molecule has 2 aromatic rings. The van der Waals surface area contributed by atoms with Crippen LogP contribution in [0.5, 0.6) is 0 Å². The number of carbonyl (C=O) groups is 2. The van der Waals surface area contributed by atoms with E-state index in [-0.39, 0.29) is 18.7 Å². The van der Waals surface area contributed by atoms with E-state index in [9.17, 15) is 9.59 Å². The maximum atomic E-state index is 12.1. The number of nitrogens with zero attached hydrogens (tertiary/aromatic N) is 2. The third-order valence-electron chi connectivity index (χ3n) is 3.15. The van der Waals surface area contributed by atoms with Crippen molar-refractivity contribution in [2.75, 3.05) is 0 Å². The molecule has 0 saturated carbocycles. The number of carboxylic acid groups (broad SMARTS) is 1. The maximum Gasteiger partial charge on any atom is 0.303 e. The molecule has 0 aliphatic rings. The molecule has 1 aromatic carbocycles. The fourth-order valence-electron chi connectivity index (χ4n) is 1.91. The molecule has 118 valence electrons. The highest BCUT2D eigenvalue weighted by Gasteiger charge is 2.09. The molecule has 0 bridgehead atoms. The van der Waals surface area contributed by atoms with Crippen LogP contribution < -0.4 is 5.43 Å². The van der Waals surface area contributed by atoms with Crippen molar-refractivity contribution in [1.29, 1.82) is 0 Å². The number of aryl methyl sites for hydroxylation is 1. The second kappa shape index (κ2) is 7.84. The van der Waals surface area contributed by atoms with Crippen molar-refractivity contribution in [3.63, 3.8) is 0 Å². The molecular formula is C17H17N3O3. The summed E-state index contributed by atoms with van der Waals surface area (Å²) in [6, 6.07) is 12.6. The molecule has 0 radical (unpaired) electrons. The summed E-state index contributed by atoms with van der Waals surface area (Å²) in [6.07, 6.45) is 1.64. The Morgan fingerprint density at radius 2 is 1.83 bits per heavy atom. The van der Waals surface area contributed by atoms with Gasteiger partial charge in [-0.05, 0) is 24.6 Å². The number of carbonyl (C=O) groups excluding carboxylic acids is 1. The first-order valence-corrected chi connectivity index (χ1v) is 7.13. The predicted octanol–water partition coefficient (Wildman–Crippen LogP) is 2.39. The minimum Gasteiger partial charge on any atom is -0.481 e. The standard InChI is InChI=1S/C17H17N3O3/c1-12-7-8-14(11-18-12)17(23)20-19-15(9-10-16(21)22)13-5-3-2-4-6-13/h2-8,11H,9-10H2,1H3,(H,20,23)(H,21,22)/b19-15+. The number of aromatic nitrogens is 1. The molecule has 23 heavy (non-hydrogen) atoms. The fourth-order valence-corrected chi connectivity index (χ4v) is 1.91. The van der Waals surface area contributed by atoms with Crippen LogP contribution in [0.4, 0.5) is 0 Å². The van der Waals surface area contributed by atoms with Gasteiger partial charge in [-0.2, -0.15) is 5.10 Å². The fraction of sp³-hybridized carbons (Fsp3) is 0.176.